The second-order valence-electron chi connectivity index (χ2n) is 5.28. The number of halogens is 2. The Bertz CT molecular complexity index is 879. The van der Waals surface area contributed by atoms with Crippen molar-refractivity contribution in [2.45, 2.75) is 12.0 Å². The van der Waals surface area contributed by atoms with Crippen LogP contribution in [0, 0.1) is 17.1 Å². The summed E-state index contributed by atoms with van der Waals surface area (Å²) in [5.74, 6) is -1.25. The molecule has 1 aliphatic heterocycles. The summed E-state index contributed by atoms with van der Waals surface area (Å²) in [6.07, 6.45) is 3.52. The van der Waals surface area contributed by atoms with E-state index in [2.05, 4.69) is 39.9 Å². The molecule has 120 valence electrons. The van der Waals surface area contributed by atoms with E-state index in [4.69, 9.17) is 0 Å². The Hall–Kier alpha value is -2.17. The Morgan fingerprint density at radius 2 is 2.00 bits per heavy atom. The van der Waals surface area contributed by atoms with Crippen LogP contribution in [0.3, 0.4) is 0 Å². The van der Waals surface area contributed by atoms with Gasteiger partial charge in [0, 0.05) is 12.1 Å². The number of thiol groups is 1. The lowest BCUT2D eigenvalue weighted by molar-refractivity contribution is -0.711. The van der Waals surface area contributed by atoms with Crippen molar-refractivity contribution in [1.29, 1.82) is 5.26 Å². The number of carbonyl (C=O) groups is 1. The first-order valence-corrected chi connectivity index (χ1v) is 8.31. The third-order valence-electron chi connectivity index (χ3n) is 3.88. The van der Waals surface area contributed by atoms with Gasteiger partial charge < -0.3 is 5.32 Å². The number of hydrogen-bond donors (Lipinski definition) is 2. The highest BCUT2D eigenvalue weighted by Gasteiger charge is 2.44. The number of benzene rings is 1. The number of nitrogens with zero attached hydrogens (tertiary/aromatic N) is 2. The van der Waals surface area contributed by atoms with Crippen molar-refractivity contribution >= 4 is 34.5 Å². The molecule has 0 bridgehead atoms. The predicted molar refractivity (Wildman–Crippen MR) is 92.3 cm³/mol. The highest BCUT2D eigenvalue weighted by atomic mass is 79.9. The molecule has 0 saturated carbocycles. The number of hydrogen-bond acceptors (Lipinski definition) is 3. The van der Waals surface area contributed by atoms with Crippen LogP contribution in [0.15, 0.2) is 63.9 Å². The molecule has 1 aliphatic rings. The van der Waals surface area contributed by atoms with Crippen LogP contribution in [-0.2, 0) is 4.79 Å². The van der Waals surface area contributed by atoms with Crippen molar-refractivity contribution in [1.82, 2.24) is 5.32 Å². The molecule has 0 unspecified atom stereocenters. The van der Waals surface area contributed by atoms with Gasteiger partial charge in [-0.15, -0.1) is 12.6 Å². The second-order valence-corrected chi connectivity index (χ2v) is 6.58. The second kappa shape index (κ2) is 6.75. The zero-order valence-electron chi connectivity index (χ0n) is 12.3. The Balaban J connectivity index is 2.21. The number of nitrogens with one attached hydrogen (secondary N) is 1. The number of pyridine rings is 1. The Labute approximate surface area is 152 Å². The SMILES string of the molecule is N#CC1=C(S)NC(=O)[C@H]([n+]2ccccc2)[C@@H]1c1ccc(F)c(Br)c1. The van der Waals surface area contributed by atoms with Crippen LogP contribution in [-0.4, -0.2) is 5.91 Å². The minimum absolute atomic E-state index is 0.223. The van der Waals surface area contributed by atoms with Crippen LogP contribution >= 0.6 is 28.6 Å². The number of nitriles is 1. The van der Waals surface area contributed by atoms with Crippen LogP contribution in [0.25, 0.3) is 0 Å². The van der Waals surface area contributed by atoms with Crippen LogP contribution in [0.2, 0.25) is 0 Å². The molecule has 3 rings (SSSR count). The fourth-order valence-electron chi connectivity index (χ4n) is 2.80. The number of rotatable bonds is 2. The number of aromatic nitrogens is 1. The van der Waals surface area contributed by atoms with Crippen molar-refractivity contribution in [2.24, 2.45) is 0 Å². The molecule has 1 N–H and O–H groups in total. The monoisotopic (exact) mass is 404 g/mol. The lowest BCUT2D eigenvalue weighted by Gasteiger charge is -2.28. The van der Waals surface area contributed by atoms with Crippen molar-refractivity contribution in [3.8, 4) is 6.07 Å². The van der Waals surface area contributed by atoms with Gasteiger partial charge in [-0.25, -0.2) is 4.39 Å². The first-order chi connectivity index (χ1) is 11.5. The Morgan fingerprint density at radius 3 is 2.62 bits per heavy atom. The zero-order chi connectivity index (χ0) is 17.3. The minimum atomic E-state index is -0.672. The average Bonchev–Trinajstić information content (AvgIpc) is 2.57. The molecule has 24 heavy (non-hydrogen) atoms. The normalized spacial score (nSPS) is 20.5. The molecule has 1 amide bonds. The smallest absolute Gasteiger partial charge is 0.294 e. The van der Waals surface area contributed by atoms with Gasteiger partial charge in [0.15, 0.2) is 12.4 Å². The molecule has 0 aliphatic carbocycles. The van der Waals surface area contributed by atoms with Crippen molar-refractivity contribution in [2.75, 3.05) is 0 Å². The first-order valence-electron chi connectivity index (χ1n) is 7.07. The van der Waals surface area contributed by atoms with E-state index in [-0.39, 0.29) is 15.4 Å². The summed E-state index contributed by atoms with van der Waals surface area (Å²) in [5.41, 5.74) is 0.986. The molecule has 2 atom stereocenters. The highest BCUT2D eigenvalue weighted by Crippen LogP contribution is 2.38. The van der Waals surface area contributed by atoms with Gasteiger partial charge in [-0.05, 0) is 33.6 Å². The maximum Gasteiger partial charge on any atom is 0.294 e. The van der Waals surface area contributed by atoms with Crippen molar-refractivity contribution in [3.05, 3.63) is 75.2 Å². The van der Waals surface area contributed by atoms with E-state index in [0.717, 1.165) is 0 Å². The van der Waals surface area contributed by atoms with Crippen LogP contribution in [0.5, 0.6) is 0 Å². The summed E-state index contributed by atoms with van der Waals surface area (Å²) in [6, 6.07) is 11.4. The van der Waals surface area contributed by atoms with E-state index in [1.54, 1.807) is 41.2 Å². The molecule has 0 saturated heterocycles. The Kier molecular flexibility index (Phi) is 4.69. The minimum Gasteiger partial charge on any atom is -0.314 e. The molecule has 1 aromatic heterocycles. The molecule has 7 heteroatoms. The molecule has 2 aromatic rings. The molecule has 0 radical (unpaired) electrons. The fourth-order valence-corrected chi connectivity index (χ4v) is 3.49. The van der Waals surface area contributed by atoms with Crippen molar-refractivity contribution in [3.63, 3.8) is 0 Å². The molecular weight excluding hydrogens is 393 g/mol. The standard InChI is InChI=1S/C17H11BrFN3OS/c18-12-8-10(4-5-13(12)19)14-11(9-20)17(24)21-16(23)15(14)22-6-2-1-3-7-22/h1-8,14-15H,(H-,21,23,24)/p+1/t14-,15-/m1/s1. The van der Waals surface area contributed by atoms with E-state index in [1.807, 2.05) is 6.07 Å². The molecule has 1 aromatic carbocycles. The number of amides is 1. The van der Waals surface area contributed by atoms with E-state index >= 15 is 0 Å². The first kappa shape index (κ1) is 16.7. The lowest BCUT2D eigenvalue weighted by Crippen LogP contribution is -2.53. The van der Waals surface area contributed by atoms with Crippen LogP contribution in [0.4, 0.5) is 4.39 Å². The van der Waals surface area contributed by atoms with Gasteiger partial charge in [0.05, 0.1) is 27.1 Å². The van der Waals surface area contributed by atoms with E-state index in [1.165, 1.54) is 6.07 Å². The topological polar surface area (TPSA) is 56.8 Å². The molecule has 0 fully saturated rings. The maximum absolute atomic E-state index is 13.6. The van der Waals surface area contributed by atoms with Gasteiger partial charge >= 0.3 is 0 Å². The Morgan fingerprint density at radius 1 is 1.29 bits per heavy atom. The number of carbonyl (C=O) groups excluding carboxylic acids is 1. The lowest BCUT2D eigenvalue weighted by atomic mass is 9.83. The third kappa shape index (κ3) is 2.95. The fraction of sp³-hybridized carbons (Fsp3) is 0.118. The zero-order valence-corrected chi connectivity index (χ0v) is 14.8. The summed E-state index contributed by atoms with van der Waals surface area (Å²) >= 11 is 7.40. The number of allylic oxidation sites excluding steroid dienone is 1. The van der Waals surface area contributed by atoms with E-state index < -0.39 is 17.8 Å². The molecular formula is C17H12BrFN3OS+. The predicted octanol–water partition coefficient (Wildman–Crippen LogP) is 3.00. The summed E-state index contributed by atoms with van der Waals surface area (Å²) in [5, 5.41) is 12.4. The average molecular weight is 405 g/mol. The van der Waals surface area contributed by atoms with Gasteiger partial charge in [0.2, 0.25) is 6.04 Å². The molecule has 2 heterocycles. The van der Waals surface area contributed by atoms with Gasteiger partial charge in [0.1, 0.15) is 5.82 Å². The highest BCUT2D eigenvalue weighted by molar-refractivity contribution is 9.10. The summed E-state index contributed by atoms with van der Waals surface area (Å²) in [6.45, 7) is 0. The van der Waals surface area contributed by atoms with Crippen LogP contribution in [0.1, 0.15) is 17.5 Å². The van der Waals surface area contributed by atoms with Gasteiger partial charge in [-0.3, -0.25) is 4.79 Å². The quantitative estimate of drug-likeness (QED) is 0.596. The van der Waals surface area contributed by atoms with Gasteiger partial charge in [-0.2, -0.15) is 9.83 Å². The molecule has 4 nitrogen and oxygen atoms in total. The van der Waals surface area contributed by atoms with E-state index in [0.29, 0.717) is 11.1 Å². The molecule has 0 spiro atoms. The van der Waals surface area contributed by atoms with Gasteiger partial charge in [-0.1, -0.05) is 12.1 Å². The van der Waals surface area contributed by atoms with E-state index in [9.17, 15) is 14.4 Å². The van der Waals surface area contributed by atoms with Crippen molar-refractivity contribution < 1.29 is 13.8 Å². The summed E-state index contributed by atoms with van der Waals surface area (Å²) in [4.78, 5) is 12.6. The third-order valence-corrected chi connectivity index (χ3v) is 4.84. The van der Waals surface area contributed by atoms with Gasteiger partial charge in [0.25, 0.3) is 5.91 Å². The van der Waals surface area contributed by atoms with Crippen LogP contribution < -0.4 is 9.88 Å². The maximum atomic E-state index is 13.6. The largest absolute Gasteiger partial charge is 0.314 e. The summed E-state index contributed by atoms with van der Waals surface area (Å²) < 4.78 is 15.6. The summed E-state index contributed by atoms with van der Waals surface area (Å²) in [7, 11) is 0.